The maximum atomic E-state index is 12.4. The zero-order valence-electron chi connectivity index (χ0n) is 16.9. The van der Waals surface area contributed by atoms with Gasteiger partial charge in [0.2, 0.25) is 0 Å². The molecule has 0 saturated carbocycles. The summed E-state index contributed by atoms with van der Waals surface area (Å²) < 4.78 is 16.1. The lowest BCUT2D eigenvalue weighted by molar-refractivity contribution is 0.0450. The summed E-state index contributed by atoms with van der Waals surface area (Å²) >= 11 is 0. The highest BCUT2D eigenvalue weighted by Crippen LogP contribution is 2.18. The molecule has 0 heterocycles. The summed E-state index contributed by atoms with van der Waals surface area (Å²) in [6.45, 7) is 0.393. The fourth-order valence-electron chi connectivity index (χ4n) is 2.63. The van der Waals surface area contributed by atoms with E-state index in [1.807, 2.05) is 55.4 Å². The van der Waals surface area contributed by atoms with Crippen LogP contribution in [0.2, 0.25) is 0 Å². The molecule has 0 aliphatic carbocycles. The Labute approximate surface area is 175 Å². The van der Waals surface area contributed by atoms with Gasteiger partial charge in [0.25, 0.3) is 0 Å². The van der Waals surface area contributed by atoms with Crippen molar-refractivity contribution in [3.05, 3.63) is 90.0 Å². The molecule has 0 N–H and O–H groups in total. The summed E-state index contributed by atoms with van der Waals surface area (Å²) in [5.74, 6) is 0.130. The number of para-hydroxylation sites is 1. The molecule has 30 heavy (non-hydrogen) atoms. The van der Waals surface area contributed by atoms with Crippen molar-refractivity contribution < 1.29 is 23.8 Å². The second-order valence-corrected chi connectivity index (χ2v) is 6.66. The molecule has 0 radical (unpaired) electrons. The van der Waals surface area contributed by atoms with Crippen molar-refractivity contribution in [1.29, 1.82) is 0 Å². The molecule has 0 spiro atoms. The second kappa shape index (κ2) is 10.1. The third-order valence-corrected chi connectivity index (χ3v) is 4.23. The number of benzene rings is 3. The number of nitrogens with zero attached hydrogens (tertiary/aromatic N) is 1. The average molecular weight is 405 g/mol. The van der Waals surface area contributed by atoms with Crippen molar-refractivity contribution in [2.75, 3.05) is 32.2 Å². The largest absolute Gasteiger partial charge is 0.490 e. The van der Waals surface area contributed by atoms with Crippen LogP contribution in [0.25, 0.3) is 0 Å². The van der Waals surface area contributed by atoms with Crippen LogP contribution in [0.5, 0.6) is 11.5 Å². The number of hydrogen-bond donors (Lipinski definition) is 0. The van der Waals surface area contributed by atoms with Crippen molar-refractivity contribution in [2.45, 2.75) is 0 Å². The van der Waals surface area contributed by atoms with Crippen LogP contribution in [-0.2, 0) is 4.74 Å². The SMILES string of the molecule is CN(C)c1cccc(C(=O)Oc2ccc(C(=O)OCCOc3ccccc3)cc2)c1. The normalized spacial score (nSPS) is 10.2. The summed E-state index contributed by atoms with van der Waals surface area (Å²) in [4.78, 5) is 26.4. The van der Waals surface area contributed by atoms with Gasteiger partial charge in [-0.05, 0) is 54.6 Å². The average Bonchev–Trinajstić information content (AvgIpc) is 2.78. The van der Waals surface area contributed by atoms with E-state index in [9.17, 15) is 9.59 Å². The molecule has 0 aromatic heterocycles. The van der Waals surface area contributed by atoms with E-state index >= 15 is 0 Å². The molecule has 0 bridgehead atoms. The van der Waals surface area contributed by atoms with Gasteiger partial charge in [0.05, 0.1) is 11.1 Å². The van der Waals surface area contributed by atoms with E-state index in [0.29, 0.717) is 16.9 Å². The Balaban J connectivity index is 1.49. The van der Waals surface area contributed by atoms with E-state index in [-0.39, 0.29) is 13.2 Å². The number of ether oxygens (including phenoxy) is 3. The first-order valence-electron chi connectivity index (χ1n) is 9.47. The van der Waals surface area contributed by atoms with E-state index < -0.39 is 11.9 Å². The molecule has 3 aromatic carbocycles. The van der Waals surface area contributed by atoms with Gasteiger partial charge in [-0.2, -0.15) is 0 Å². The molecule has 0 atom stereocenters. The van der Waals surface area contributed by atoms with Crippen LogP contribution in [0.4, 0.5) is 5.69 Å². The van der Waals surface area contributed by atoms with Gasteiger partial charge in [0.15, 0.2) is 0 Å². The van der Waals surface area contributed by atoms with Gasteiger partial charge in [0, 0.05) is 19.8 Å². The van der Waals surface area contributed by atoms with E-state index in [1.165, 1.54) is 0 Å². The lowest BCUT2D eigenvalue weighted by atomic mass is 10.2. The maximum absolute atomic E-state index is 12.4. The van der Waals surface area contributed by atoms with Gasteiger partial charge in [-0.1, -0.05) is 24.3 Å². The van der Waals surface area contributed by atoms with Crippen LogP contribution in [0.15, 0.2) is 78.9 Å². The van der Waals surface area contributed by atoms with Crippen LogP contribution in [0.1, 0.15) is 20.7 Å². The van der Waals surface area contributed by atoms with E-state index in [2.05, 4.69) is 0 Å². The number of carbonyl (C=O) groups excluding carboxylic acids is 2. The molecule has 6 heteroatoms. The van der Waals surface area contributed by atoms with E-state index in [4.69, 9.17) is 14.2 Å². The highest BCUT2D eigenvalue weighted by atomic mass is 16.6. The van der Waals surface area contributed by atoms with E-state index in [1.54, 1.807) is 42.5 Å². The molecule has 0 aliphatic rings. The Bertz CT molecular complexity index is 984. The monoisotopic (exact) mass is 405 g/mol. The molecule has 6 nitrogen and oxygen atoms in total. The summed E-state index contributed by atoms with van der Waals surface area (Å²) in [6, 6.07) is 22.7. The Hall–Kier alpha value is -3.80. The zero-order chi connectivity index (χ0) is 21.3. The topological polar surface area (TPSA) is 65.1 Å². The van der Waals surface area contributed by atoms with Crippen molar-refractivity contribution >= 4 is 17.6 Å². The number of carbonyl (C=O) groups is 2. The molecular weight excluding hydrogens is 382 g/mol. The summed E-state index contributed by atoms with van der Waals surface area (Å²) in [7, 11) is 3.80. The van der Waals surface area contributed by atoms with Crippen LogP contribution in [0.3, 0.4) is 0 Å². The van der Waals surface area contributed by atoms with Crippen LogP contribution in [0, 0.1) is 0 Å². The van der Waals surface area contributed by atoms with Gasteiger partial charge in [0.1, 0.15) is 24.7 Å². The quantitative estimate of drug-likeness (QED) is 0.318. The summed E-state index contributed by atoms with van der Waals surface area (Å²) in [5.41, 5.74) is 1.71. The Morgan fingerprint density at radius 1 is 0.733 bits per heavy atom. The van der Waals surface area contributed by atoms with Crippen molar-refractivity contribution in [2.24, 2.45) is 0 Å². The first kappa shape index (κ1) is 20.9. The summed E-state index contributed by atoms with van der Waals surface area (Å²) in [6.07, 6.45) is 0. The third-order valence-electron chi connectivity index (χ3n) is 4.23. The smallest absolute Gasteiger partial charge is 0.343 e. The summed E-state index contributed by atoms with van der Waals surface area (Å²) in [5, 5.41) is 0. The van der Waals surface area contributed by atoms with Gasteiger partial charge >= 0.3 is 11.9 Å². The van der Waals surface area contributed by atoms with Gasteiger partial charge in [-0.15, -0.1) is 0 Å². The van der Waals surface area contributed by atoms with Crippen molar-refractivity contribution in [3.63, 3.8) is 0 Å². The van der Waals surface area contributed by atoms with Gasteiger partial charge in [-0.3, -0.25) is 0 Å². The number of hydrogen-bond acceptors (Lipinski definition) is 6. The van der Waals surface area contributed by atoms with Crippen LogP contribution >= 0.6 is 0 Å². The fraction of sp³-hybridized carbons (Fsp3) is 0.167. The van der Waals surface area contributed by atoms with Crippen molar-refractivity contribution in [1.82, 2.24) is 0 Å². The first-order chi connectivity index (χ1) is 14.5. The lowest BCUT2D eigenvalue weighted by Gasteiger charge is -2.13. The molecule has 3 aromatic rings. The first-order valence-corrected chi connectivity index (χ1v) is 9.47. The molecule has 3 rings (SSSR count). The standard InChI is InChI=1S/C24H23NO5/c1-25(2)20-8-6-7-19(17-20)24(27)30-22-13-11-18(12-14-22)23(26)29-16-15-28-21-9-4-3-5-10-21/h3-14,17H,15-16H2,1-2H3. The minimum atomic E-state index is -0.469. The molecule has 0 fully saturated rings. The highest BCUT2D eigenvalue weighted by molar-refractivity contribution is 5.92. The van der Waals surface area contributed by atoms with Crippen LogP contribution in [-0.4, -0.2) is 39.2 Å². The zero-order valence-corrected chi connectivity index (χ0v) is 16.9. The van der Waals surface area contributed by atoms with Gasteiger partial charge < -0.3 is 19.1 Å². The number of anilines is 1. The predicted molar refractivity (Wildman–Crippen MR) is 114 cm³/mol. The molecule has 0 saturated heterocycles. The van der Waals surface area contributed by atoms with Crippen molar-refractivity contribution in [3.8, 4) is 11.5 Å². The third kappa shape index (κ3) is 5.85. The lowest BCUT2D eigenvalue weighted by Crippen LogP contribution is -2.13. The van der Waals surface area contributed by atoms with E-state index in [0.717, 1.165) is 11.4 Å². The Kier molecular flexibility index (Phi) is 7.05. The highest BCUT2D eigenvalue weighted by Gasteiger charge is 2.12. The molecular formula is C24H23NO5. The Morgan fingerprint density at radius 3 is 2.17 bits per heavy atom. The fourth-order valence-corrected chi connectivity index (χ4v) is 2.63. The predicted octanol–water partition coefficient (Wildman–Crippen LogP) is 4.21. The molecule has 0 aliphatic heterocycles. The molecule has 154 valence electrons. The second-order valence-electron chi connectivity index (χ2n) is 6.66. The maximum Gasteiger partial charge on any atom is 0.343 e. The van der Waals surface area contributed by atoms with Gasteiger partial charge in [-0.25, -0.2) is 9.59 Å². The number of rotatable bonds is 8. The molecule has 0 unspecified atom stereocenters. The Morgan fingerprint density at radius 2 is 1.47 bits per heavy atom. The minimum absolute atomic E-state index is 0.132. The molecule has 0 amide bonds. The number of esters is 2. The minimum Gasteiger partial charge on any atom is -0.490 e. The van der Waals surface area contributed by atoms with Crippen LogP contribution < -0.4 is 14.4 Å².